The SMILES string of the molecule is COC(=O)C1(OC(C)=O)CCCCC1C(=O)N(C)CC(=O)NO. The van der Waals surface area contributed by atoms with Crippen LogP contribution in [0.4, 0.5) is 0 Å². The molecule has 0 saturated heterocycles. The van der Waals surface area contributed by atoms with Crippen LogP contribution >= 0.6 is 0 Å². The zero-order chi connectivity index (χ0) is 17.6. The van der Waals surface area contributed by atoms with Crippen molar-refractivity contribution in [1.82, 2.24) is 10.4 Å². The fourth-order valence-electron chi connectivity index (χ4n) is 2.90. The molecule has 23 heavy (non-hydrogen) atoms. The summed E-state index contributed by atoms with van der Waals surface area (Å²) >= 11 is 0. The van der Waals surface area contributed by atoms with Gasteiger partial charge in [-0.25, -0.2) is 10.3 Å². The van der Waals surface area contributed by atoms with Gasteiger partial charge in [-0.3, -0.25) is 19.6 Å². The second-order valence-electron chi connectivity index (χ2n) is 5.50. The Morgan fingerprint density at radius 1 is 1.30 bits per heavy atom. The third-order valence-corrected chi connectivity index (χ3v) is 3.89. The number of nitrogens with zero attached hydrogens (tertiary/aromatic N) is 1. The molecule has 0 aromatic carbocycles. The van der Waals surface area contributed by atoms with E-state index in [1.54, 1.807) is 0 Å². The number of nitrogens with one attached hydrogen (secondary N) is 1. The molecule has 0 aromatic rings. The molecule has 1 aliphatic carbocycles. The second-order valence-corrected chi connectivity index (χ2v) is 5.50. The number of hydrogen-bond donors (Lipinski definition) is 2. The summed E-state index contributed by atoms with van der Waals surface area (Å²) in [4.78, 5) is 48.6. The number of amides is 2. The Labute approximate surface area is 133 Å². The number of hydroxylamine groups is 1. The fraction of sp³-hybridized carbons (Fsp3) is 0.714. The Balaban J connectivity index is 3.10. The van der Waals surface area contributed by atoms with E-state index in [1.807, 2.05) is 0 Å². The maximum Gasteiger partial charge on any atom is 0.351 e. The van der Waals surface area contributed by atoms with Gasteiger partial charge in [0.1, 0.15) is 6.54 Å². The average molecular weight is 330 g/mol. The molecule has 2 N–H and O–H groups in total. The van der Waals surface area contributed by atoms with Crippen molar-refractivity contribution in [2.45, 2.75) is 38.2 Å². The summed E-state index contributed by atoms with van der Waals surface area (Å²) in [6.45, 7) is 0.771. The third kappa shape index (κ3) is 4.19. The average Bonchev–Trinajstić information content (AvgIpc) is 2.52. The number of likely N-dealkylation sites (N-methyl/N-ethyl adjacent to an activating group) is 1. The monoisotopic (exact) mass is 330 g/mol. The highest BCUT2D eigenvalue weighted by molar-refractivity contribution is 5.93. The minimum Gasteiger partial charge on any atom is -0.466 e. The topological polar surface area (TPSA) is 122 Å². The molecular weight excluding hydrogens is 308 g/mol. The smallest absolute Gasteiger partial charge is 0.351 e. The first-order valence-corrected chi connectivity index (χ1v) is 7.24. The van der Waals surface area contributed by atoms with E-state index in [2.05, 4.69) is 0 Å². The number of hydrogen-bond acceptors (Lipinski definition) is 7. The number of carbonyl (C=O) groups is 4. The minimum absolute atomic E-state index is 0.176. The molecule has 1 aliphatic rings. The first-order valence-electron chi connectivity index (χ1n) is 7.24. The van der Waals surface area contributed by atoms with Crippen LogP contribution in [-0.4, -0.2) is 60.2 Å². The summed E-state index contributed by atoms with van der Waals surface area (Å²) in [5, 5.41) is 8.54. The number of carbonyl (C=O) groups excluding carboxylic acids is 4. The van der Waals surface area contributed by atoms with Crippen molar-refractivity contribution in [3.63, 3.8) is 0 Å². The van der Waals surface area contributed by atoms with E-state index in [-0.39, 0.29) is 13.0 Å². The summed E-state index contributed by atoms with van der Waals surface area (Å²) in [5.74, 6) is -3.71. The molecule has 0 heterocycles. The highest BCUT2D eigenvalue weighted by Gasteiger charge is 2.55. The Bertz CT molecular complexity index is 494. The maximum atomic E-state index is 12.6. The van der Waals surface area contributed by atoms with Gasteiger partial charge in [-0.1, -0.05) is 6.42 Å². The van der Waals surface area contributed by atoms with Crippen LogP contribution in [0.5, 0.6) is 0 Å². The number of rotatable bonds is 5. The van der Waals surface area contributed by atoms with Crippen molar-refractivity contribution in [3.05, 3.63) is 0 Å². The lowest BCUT2D eigenvalue weighted by molar-refractivity contribution is -0.194. The van der Waals surface area contributed by atoms with Crippen molar-refractivity contribution in [2.75, 3.05) is 20.7 Å². The Morgan fingerprint density at radius 2 is 1.96 bits per heavy atom. The maximum absolute atomic E-state index is 12.6. The van der Waals surface area contributed by atoms with Gasteiger partial charge in [0.05, 0.1) is 13.0 Å². The first kappa shape index (κ1) is 18.9. The summed E-state index contributed by atoms with van der Waals surface area (Å²) in [5.41, 5.74) is -0.250. The normalized spacial score (nSPS) is 23.6. The van der Waals surface area contributed by atoms with E-state index < -0.39 is 35.3 Å². The molecule has 1 rings (SSSR count). The predicted molar refractivity (Wildman–Crippen MR) is 76.0 cm³/mol. The van der Waals surface area contributed by atoms with Gasteiger partial charge < -0.3 is 14.4 Å². The van der Waals surface area contributed by atoms with Crippen LogP contribution in [0.15, 0.2) is 0 Å². The van der Waals surface area contributed by atoms with Crippen LogP contribution in [-0.2, 0) is 28.7 Å². The Hall–Kier alpha value is -2.16. The molecule has 0 spiro atoms. The zero-order valence-corrected chi connectivity index (χ0v) is 13.5. The third-order valence-electron chi connectivity index (χ3n) is 3.89. The molecule has 2 atom stereocenters. The van der Waals surface area contributed by atoms with Crippen LogP contribution in [0.25, 0.3) is 0 Å². The van der Waals surface area contributed by atoms with Crippen LogP contribution in [0, 0.1) is 5.92 Å². The van der Waals surface area contributed by atoms with Crippen molar-refractivity contribution in [1.29, 1.82) is 0 Å². The Kier molecular flexibility index (Phi) is 6.49. The van der Waals surface area contributed by atoms with E-state index >= 15 is 0 Å². The zero-order valence-electron chi connectivity index (χ0n) is 13.5. The van der Waals surface area contributed by atoms with Crippen LogP contribution in [0.3, 0.4) is 0 Å². The summed E-state index contributed by atoms with van der Waals surface area (Å²) < 4.78 is 9.99. The highest BCUT2D eigenvalue weighted by atomic mass is 16.6. The number of ether oxygens (including phenoxy) is 2. The largest absolute Gasteiger partial charge is 0.466 e. The van der Waals surface area contributed by atoms with E-state index in [4.69, 9.17) is 14.7 Å². The van der Waals surface area contributed by atoms with Crippen LogP contribution in [0.1, 0.15) is 32.6 Å². The molecule has 0 bridgehead atoms. The lowest BCUT2D eigenvalue weighted by atomic mass is 9.74. The van der Waals surface area contributed by atoms with Crippen molar-refractivity contribution < 1.29 is 33.9 Å². The highest BCUT2D eigenvalue weighted by Crippen LogP contribution is 2.39. The number of esters is 2. The first-order chi connectivity index (χ1) is 10.8. The van der Waals surface area contributed by atoms with Crippen molar-refractivity contribution >= 4 is 23.8 Å². The number of methoxy groups -OCH3 is 1. The lowest BCUT2D eigenvalue weighted by Crippen LogP contribution is -2.57. The molecule has 0 radical (unpaired) electrons. The molecular formula is C14H22N2O7. The van der Waals surface area contributed by atoms with Gasteiger partial charge in [-0.05, 0) is 19.3 Å². The molecule has 130 valence electrons. The quantitative estimate of drug-likeness (QED) is 0.400. The summed E-state index contributed by atoms with van der Waals surface area (Å²) in [7, 11) is 2.52. The lowest BCUT2D eigenvalue weighted by Gasteiger charge is -2.40. The van der Waals surface area contributed by atoms with Gasteiger partial charge in [0.15, 0.2) is 0 Å². The molecule has 2 amide bonds. The van der Waals surface area contributed by atoms with Gasteiger partial charge in [-0.2, -0.15) is 0 Å². The van der Waals surface area contributed by atoms with E-state index in [0.29, 0.717) is 19.3 Å². The summed E-state index contributed by atoms with van der Waals surface area (Å²) in [6, 6.07) is 0. The molecule has 9 nitrogen and oxygen atoms in total. The molecule has 1 fully saturated rings. The standard InChI is InChI=1S/C14H22N2O7/c1-9(17)23-14(13(20)22-3)7-5-4-6-10(14)12(19)16(2)8-11(18)15-21/h10,21H,4-8H2,1-3H3,(H,15,18). The van der Waals surface area contributed by atoms with Gasteiger partial charge in [-0.15, -0.1) is 0 Å². The molecule has 1 saturated carbocycles. The molecule has 9 heteroatoms. The Morgan fingerprint density at radius 3 is 2.48 bits per heavy atom. The molecule has 2 unspecified atom stereocenters. The second kappa shape index (κ2) is 7.91. The molecule has 0 aliphatic heterocycles. The van der Waals surface area contributed by atoms with Crippen LogP contribution in [0.2, 0.25) is 0 Å². The van der Waals surface area contributed by atoms with E-state index in [0.717, 1.165) is 18.9 Å². The van der Waals surface area contributed by atoms with Crippen molar-refractivity contribution in [2.24, 2.45) is 5.92 Å². The van der Waals surface area contributed by atoms with Crippen molar-refractivity contribution in [3.8, 4) is 0 Å². The van der Waals surface area contributed by atoms with Gasteiger partial charge >= 0.3 is 11.9 Å². The van der Waals surface area contributed by atoms with E-state index in [9.17, 15) is 19.2 Å². The predicted octanol–water partition coefficient (Wildman–Crippen LogP) is -0.385. The van der Waals surface area contributed by atoms with Gasteiger partial charge in [0.2, 0.25) is 11.5 Å². The van der Waals surface area contributed by atoms with Gasteiger partial charge in [0, 0.05) is 14.0 Å². The van der Waals surface area contributed by atoms with Crippen LogP contribution < -0.4 is 5.48 Å². The minimum atomic E-state index is -1.68. The summed E-state index contributed by atoms with van der Waals surface area (Å²) in [6.07, 6.45) is 1.78. The van der Waals surface area contributed by atoms with E-state index in [1.165, 1.54) is 12.5 Å². The fourth-order valence-corrected chi connectivity index (χ4v) is 2.90. The van der Waals surface area contributed by atoms with Gasteiger partial charge in [0.25, 0.3) is 5.91 Å². The molecule has 0 aromatic heterocycles.